The second kappa shape index (κ2) is 9.36. The molecule has 5 rings (SSSR count). The van der Waals surface area contributed by atoms with Crippen molar-refractivity contribution in [1.29, 1.82) is 0 Å². The van der Waals surface area contributed by atoms with E-state index >= 15 is 0 Å². The fraction of sp³-hybridized carbons (Fsp3) is 0.762. The topological polar surface area (TPSA) is 75.3 Å². The van der Waals surface area contributed by atoms with Gasteiger partial charge in [-0.15, -0.1) is 24.8 Å². The fourth-order valence-electron chi connectivity index (χ4n) is 4.82. The highest BCUT2D eigenvalue weighted by molar-refractivity contribution is 5.85. The van der Waals surface area contributed by atoms with Crippen molar-refractivity contribution < 1.29 is 4.79 Å². The van der Waals surface area contributed by atoms with E-state index in [1.807, 2.05) is 0 Å². The van der Waals surface area contributed by atoms with Crippen LogP contribution in [0.4, 0.5) is 5.82 Å². The largest absolute Gasteiger partial charge is 0.356 e. The number of hydrogen-bond donors (Lipinski definition) is 1. The highest BCUT2D eigenvalue weighted by Gasteiger charge is 2.34. The van der Waals surface area contributed by atoms with Gasteiger partial charge in [0.25, 0.3) is 0 Å². The van der Waals surface area contributed by atoms with Gasteiger partial charge in [-0.3, -0.25) is 4.79 Å². The number of amides is 1. The molecule has 6 nitrogen and oxygen atoms in total. The monoisotopic (exact) mass is 441 g/mol. The third-order valence-electron chi connectivity index (χ3n) is 6.87. The van der Waals surface area contributed by atoms with Gasteiger partial charge in [0.1, 0.15) is 11.6 Å². The molecule has 2 N–H and O–H groups in total. The average molecular weight is 442 g/mol. The molecule has 2 saturated carbocycles. The van der Waals surface area contributed by atoms with Gasteiger partial charge < -0.3 is 15.5 Å². The Balaban J connectivity index is 0.00000120. The Morgan fingerprint density at radius 2 is 1.59 bits per heavy atom. The van der Waals surface area contributed by atoms with E-state index in [2.05, 4.69) is 15.9 Å². The second-order valence-corrected chi connectivity index (χ2v) is 9.01. The molecule has 29 heavy (non-hydrogen) atoms. The molecule has 2 saturated heterocycles. The number of anilines is 1. The molecule has 3 heterocycles. The van der Waals surface area contributed by atoms with Crippen LogP contribution < -0.4 is 10.6 Å². The number of aromatic nitrogens is 2. The average Bonchev–Trinajstić information content (AvgIpc) is 3.39. The number of carbonyl (C=O) groups is 1. The van der Waals surface area contributed by atoms with Crippen LogP contribution in [0.5, 0.6) is 0 Å². The molecule has 0 atom stereocenters. The molecule has 1 aromatic rings. The lowest BCUT2D eigenvalue weighted by molar-refractivity contribution is -0.135. The first-order valence-electron chi connectivity index (χ1n) is 10.9. The SMILES string of the molecule is Cl.Cl.NC1CC(c2cc(N3CCC(C(=O)N4CCCC4)CC3)nc(C3CC3)n2)C1. The van der Waals surface area contributed by atoms with Gasteiger partial charge in [0.2, 0.25) is 5.91 Å². The number of likely N-dealkylation sites (tertiary alicyclic amines) is 1. The van der Waals surface area contributed by atoms with E-state index in [1.165, 1.54) is 31.4 Å². The number of piperidine rings is 1. The number of nitrogens with zero attached hydrogens (tertiary/aromatic N) is 4. The first-order chi connectivity index (χ1) is 13.2. The minimum absolute atomic E-state index is 0. The molecule has 2 aliphatic carbocycles. The summed E-state index contributed by atoms with van der Waals surface area (Å²) >= 11 is 0. The molecule has 4 aliphatic rings. The van der Waals surface area contributed by atoms with E-state index in [0.717, 1.165) is 63.5 Å². The molecule has 0 aromatic carbocycles. The Hall–Kier alpha value is -1.11. The van der Waals surface area contributed by atoms with Crippen LogP contribution in [0.3, 0.4) is 0 Å². The zero-order valence-corrected chi connectivity index (χ0v) is 18.6. The fourth-order valence-corrected chi connectivity index (χ4v) is 4.82. The molecule has 1 aromatic heterocycles. The van der Waals surface area contributed by atoms with Gasteiger partial charge in [0.15, 0.2) is 0 Å². The highest BCUT2D eigenvalue weighted by atomic mass is 35.5. The zero-order valence-electron chi connectivity index (χ0n) is 17.0. The van der Waals surface area contributed by atoms with Crippen LogP contribution in [0.1, 0.15) is 74.7 Å². The number of rotatable bonds is 4. The van der Waals surface area contributed by atoms with Gasteiger partial charge >= 0.3 is 0 Å². The number of carbonyl (C=O) groups excluding carboxylic acids is 1. The van der Waals surface area contributed by atoms with Crippen molar-refractivity contribution in [3.63, 3.8) is 0 Å². The molecule has 0 radical (unpaired) electrons. The molecular weight excluding hydrogens is 409 g/mol. The minimum Gasteiger partial charge on any atom is -0.356 e. The summed E-state index contributed by atoms with van der Waals surface area (Å²) in [6, 6.07) is 2.54. The Kier molecular flexibility index (Phi) is 7.28. The molecule has 0 bridgehead atoms. The summed E-state index contributed by atoms with van der Waals surface area (Å²) in [5.74, 6) is 3.78. The third kappa shape index (κ3) is 4.80. The van der Waals surface area contributed by atoms with E-state index in [9.17, 15) is 4.79 Å². The number of hydrogen-bond acceptors (Lipinski definition) is 5. The Morgan fingerprint density at radius 3 is 2.17 bits per heavy atom. The predicted octanol–water partition coefficient (Wildman–Crippen LogP) is 3.24. The Labute approximate surface area is 185 Å². The first-order valence-corrected chi connectivity index (χ1v) is 10.9. The van der Waals surface area contributed by atoms with E-state index in [0.29, 0.717) is 23.8 Å². The van der Waals surface area contributed by atoms with Crippen molar-refractivity contribution in [2.45, 2.75) is 69.2 Å². The maximum atomic E-state index is 12.7. The highest BCUT2D eigenvalue weighted by Crippen LogP contribution is 2.41. The summed E-state index contributed by atoms with van der Waals surface area (Å²) in [5.41, 5.74) is 7.20. The third-order valence-corrected chi connectivity index (χ3v) is 6.87. The van der Waals surface area contributed by atoms with E-state index in [4.69, 9.17) is 15.7 Å². The molecule has 4 fully saturated rings. The standard InChI is InChI=1S/C21H31N5O.2ClH/c22-17-11-16(12-17)18-13-19(24-20(23-18)14-3-4-14)25-9-5-15(6-10-25)21(27)26-7-1-2-8-26;;/h13-17H,1-12,22H2;2*1H. The molecule has 8 heteroatoms. The smallest absolute Gasteiger partial charge is 0.225 e. The quantitative estimate of drug-likeness (QED) is 0.775. The zero-order chi connectivity index (χ0) is 18.4. The van der Waals surface area contributed by atoms with Gasteiger partial charge in [-0.2, -0.15) is 0 Å². The van der Waals surface area contributed by atoms with Gasteiger partial charge in [-0.05, 0) is 51.4 Å². The summed E-state index contributed by atoms with van der Waals surface area (Å²) in [7, 11) is 0. The summed E-state index contributed by atoms with van der Waals surface area (Å²) in [5, 5.41) is 0. The van der Waals surface area contributed by atoms with E-state index in [-0.39, 0.29) is 30.7 Å². The van der Waals surface area contributed by atoms with Crippen LogP contribution in [0.25, 0.3) is 0 Å². The van der Waals surface area contributed by atoms with Crippen LogP contribution in [-0.4, -0.2) is 53.0 Å². The van der Waals surface area contributed by atoms with Gasteiger partial charge in [0.05, 0.1) is 0 Å². The minimum atomic E-state index is 0. The summed E-state index contributed by atoms with van der Waals surface area (Å²) in [6.45, 7) is 3.77. The van der Waals surface area contributed by atoms with Crippen molar-refractivity contribution in [3.8, 4) is 0 Å². The molecule has 1 amide bonds. The first kappa shape index (κ1) is 22.6. The predicted molar refractivity (Wildman–Crippen MR) is 119 cm³/mol. The Morgan fingerprint density at radius 1 is 0.931 bits per heavy atom. The van der Waals surface area contributed by atoms with Crippen molar-refractivity contribution in [3.05, 3.63) is 17.6 Å². The lowest BCUT2D eigenvalue weighted by Crippen LogP contribution is -2.42. The Bertz CT molecular complexity index is 709. The van der Waals surface area contributed by atoms with Crippen LogP contribution in [-0.2, 0) is 4.79 Å². The lowest BCUT2D eigenvalue weighted by atomic mass is 9.78. The molecule has 2 aliphatic heterocycles. The van der Waals surface area contributed by atoms with Gasteiger partial charge in [-0.25, -0.2) is 9.97 Å². The molecular formula is C21H33Cl2N5O. The van der Waals surface area contributed by atoms with E-state index < -0.39 is 0 Å². The van der Waals surface area contributed by atoms with Crippen LogP contribution in [0.2, 0.25) is 0 Å². The van der Waals surface area contributed by atoms with Gasteiger partial charge in [-0.1, -0.05) is 0 Å². The lowest BCUT2D eigenvalue weighted by Gasteiger charge is -2.35. The van der Waals surface area contributed by atoms with Gasteiger partial charge in [0, 0.05) is 61.7 Å². The second-order valence-electron chi connectivity index (χ2n) is 9.01. The number of halogens is 2. The summed E-state index contributed by atoms with van der Waals surface area (Å²) in [6.07, 6.45) is 8.77. The summed E-state index contributed by atoms with van der Waals surface area (Å²) in [4.78, 5) is 26.9. The normalized spacial score (nSPS) is 27.1. The van der Waals surface area contributed by atoms with Crippen LogP contribution in [0.15, 0.2) is 6.07 Å². The molecule has 0 unspecified atom stereocenters. The van der Waals surface area contributed by atoms with Crippen molar-refractivity contribution in [2.75, 3.05) is 31.1 Å². The number of nitrogens with two attached hydrogens (primary N) is 1. The maximum absolute atomic E-state index is 12.7. The molecule has 0 spiro atoms. The van der Waals surface area contributed by atoms with E-state index in [1.54, 1.807) is 0 Å². The molecule has 162 valence electrons. The summed E-state index contributed by atoms with van der Waals surface area (Å²) < 4.78 is 0. The van der Waals surface area contributed by atoms with Crippen molar-refractivity contribution in [1.82, 2.24) is 14.9 Å². The van der Waals surface area contributed by atoms with Crippen molar-refractivity contribution in [2.24, 2.45) is 11.7 Å². The van der Waals surface area contributed by atoms with Crippen LogP contribution >= 0.6 is 24.8 Å². The van der Waals surface area contributed by atoms with Crippen molar-refractivity contribution >= 4 is 36.5 Å². The maximum Gasteiger partial charge on any atom is 0.225 e. The van der Waals surface area contributed by atoms with Crippen LogP contribution in [0, 0.1) is 5.92 Å².